The molecule has 1 aliphatic carbocycles. The van der Waals surface area contributed by atoms with E-state index in [0.717, 1.165) is 42.8 Å². The Bertz CT molecular complexity index is 1030. The number of carbonyl (C=O) groups excluding carboxylic acids is 1. The molecule has 0 N–H and O–H groups in total. The quantitative estimate of drug-likeness (QED) is 0.461. The van der Waals surface area contributed by atoms with Crippen LogP contribution >= 0.6 is 11.8 Å². The predicted octanol–water partition coefficient (Wildman–Crippen LogP) is 4.23. The number of nitrogens with zero attached hydrogens (tertiary/aromatic N) is 5. The lowest BCUT2D eigenvalue weighted by Crippen LogP contribution is -2.32. The van der Waals surface area contributed by atoms with Gasteiger partial charge in [0.2, 0.25) is 11.1 Å². The van der Waals surface area contributed by atoms with Crippen molar-refractivity contribution >= 4 is 17.7 Å². The van der Waals surface area contributed by atoms with Crippen molar-refractivity contribution in [1.82, 2.24) is 25.1 Å². The zero-order chi connectivity index (χ0) is 21.5. The molecule has 3 aromatic rings. The SMILES string of the molecule is CCOc1ccccc1-n1nnnc1SCC(=O)N(Cc1ccco1)C1=CCCCC1. The van der Waals surface area contributed by atoms with Crippen molar-refractivity contribution in [3.8, 4) is 11.4 Å². The molecular weight excluding hydrogens is 414 g/mol. The van der Waals surface area contributed by atoms with Crippen LogP contribution in [0.1, 0.15) is 38.4 Å². The molecule has 1 aromatic carbocycles. The molecule has 0 saturated carbocycles. The summed E-state index contributed by atoms with van der Waals surface area (Å²) in [4.78, 5) is 15.0. The molecule has 162 valence electrons. The van der Waals surface area contributed by atoms with E-state index in [0.29, 0.717) is 24.1 Å². The van der Waals surface area contributed by atoms with Crippen LogP contribution in [0.25, 0.3) is 5.69 Å². The molecule has 0 aliphatic heterocycles. The zero-order valence-corrected chi connectivity index (χ0v) is 18.3. The molecule has 0 unspecified atom stereocenters. The maximum absolute atomic E-state index is 13.2. The summed E-state index contributed by atoms with van der Waals surface area (Å²) in [7, 11) is 0. The van der Waals surface area contributed by atoms with Gasteiger partial charge in [-0.05, 0) is 67.3 Å². The van der Waals surface area contributed by atoms with Crippen molar-refractivity contribution in [2.75, 3.05) is 12.4 Å². The number of furan rings is 1. The Morgan fingerprint density at radius 3 is 2.94 bits per heavy atom. The molecule has 0 atom stereocenters. The van der Waals surface area contributed by atoms with E-state index in [1.54, 1.807) is 10.9 Å². The summed E-state index contributed by atoms with van der Waals surface area (Å²) in [6.45, 7) is 2.89. The van der Waals surface area contributed by atoms with Crippen molar-refractivity contribution < 1.29 is 13.9 Å². The van der Waals surface area contributed by atoms with E-state index in [9.17, 15) is 4.79 Å². The maximum Gasteiger partial charge on any atom is 0.237 e. The molecule has 0 fully saturated rings. The topological polar surface area (TPSA) is 86.3 Å². The molecule has 4 rings (SSSR count). The smallest absolute Gasteiger partial charge is 0.237 e. The highest BCUT2D eigenvalue weighted by Crippen LogP contribution is 2.28. The van der Waals surface area contributed by atoms with E-state index in [-0.39, 0.29) is 11.7 Å². The highest BCUT2D eigenvalue weighted by Gasteiger charge is 2.22. The number of benzene rings is 1. The number of aromatic nitrogens is 4. The van der Waals surface area contributed by atoms with Gasteiger partial charge in [0.15, 0.2) is 0 Å². The number of allylic oxidation sites excluding steroid dienone is 2. The molecule has 0 spiro atoms. The van der Waals surface area contributed by atoms with Gasteiger partial charge >= 0.3 is 0 Å². The minimum Gasteiger partial charge on any atom is -0.492 e. The highest BCUT2D eigenvalue weighted by molar-refractivity contribution is 7.99. The van der Waals surface area contributed by atoms with E-state index in [2.05, 4.69) is 21.6 Å². The molecule has 8 nitrogen and oxygen atoms in total. The fourth-order valence-corrected chi connectivity index (χ4v) is 4.27. The Hall–Kier alpha value is -3.07. The van der Waals surface area contributed by atoms with Gasteiger partial charge in [0.05, 0.1) is 25.2 Å². The fourth-order valence-electron chi connectivity index (χ4n) is 3.51. The predicted molar refractivity (Wildman–Crippen MR) is 117 cm³/mol. The summed E-state index contributed by atoms with van der Waals surface area (Å²) in [6.07, 6.45) is 7.94. The molecule has 0 saturated heterocycles. The number of ether oxygens (including phenoxy) is 1. The summed E-state index contributed by atoms with van der Waals surface area (Å²) in [5.74, 6) is 1.68. The molecule has 1 aliphatic rings. The highest BCUT2D eigenvalue weighted by atomic mass is 32.2. The molecule has 1 amide bonds. The summed E-state index contributed by atoms with van der Waals surface area (Å²) in [5.41, 5.74) is 1.81. The lowest BCUT2D eigenvalue weighted by atomic mass is 10.0. The average molecular weight is 440 g/mol. The van der Waals surface area contributed by atoms with Gasteiger partial charge in [-0.3, -0.25) is 4.79 Å². The van der Waals surface area contributed by atoms with E-state index in [4.69, 9.17) is 9.15 Å². The Labute approximate surface area is 185 Å². The normalized spacial score (nSPS) is 13.6. The van der Waals surface area contributed by atoms with Crippen LogP contribution in [0.5, 0.6) is 5.75 Å². The molecule has 0 radical (unpaired) electrons. The number of thioether (sulfide) groups is 1. The van der Waals surface area contributed by atoms with Gasteiger partial charge in [-0.25, -0.2) is 0 Å². The van der Waals surface area contributed by atoms with Gasteiger partial charge in [-0.2, -0.15) is 4.68 Å². The van der Waals surface area contributed by atoms with Gasteiger partial charge < -0.3 is 14.1 Å². The molecule has 9 heteroatoms. The number of hydrogen-bond acceptors (Lipinski definition) is 7. The number of tetrazole rings is 1. The first-order valence-electron chi connectivity index (χ1n) is 10.4. The van der Waals surface area contributed by atoms with Crippen molar-refractivity contribution in [3.05, 3.63) is 60.2 Å². The molecule has 2 heterocycles. The summed E-state index contributed by atoms with van der Waals surface area (Å²) < 4.78 is 12.8. The number of rotatable bonds is 9. The van der Waals surface area contributed by atoms with Crippen LogP contribution in [0.15, 0.2) is 64.0 Å². The fraction of sp³-hybridized carbons (Fsp3) is 0.364. The lowest BCUT2D eigenvalue weighted by molar-refractivity contribution is -0.127. The van der Waals surface area contributed by atoms with Crippen molar-refractivity contribution in [1.29, 1.82) is 0 Å². The van der Waals surface area contributed by atoms with Crippen LogP contribution in [0.4, 0.5) is 0 Å². The first kappa shape index (κ1) is 21.2. The van der Waals surface area contributed by atoms with Crippen LogP contribution in [0, 0.1) is 0 Å². The lowest BCUT2D eigenvalue weighted by Gasteiger charge is -2.27. The number of amides is 1. The molecular formula is C22H25N5O3S. The monoisotopic (exact) mass is 439 g/mol. The molecule has 31 heavy (non-hydrogen) atoms. The third kappa shape index (κ3) is 5.16. The Morgan fingerprint density at radius 1 is 1.26 bits per heavy atom. The van der Waals surface area contributed by atoms with Crippen LogP contribution in [0.3, 0.4) is 0 Å². The second-order valence-electron chi connectivity index (χ2n) is 7.06. The van der Waals surface area contributed by atoms with Crippen molar-refractivity contribution in [3.63, 3.8) is 0 Å². The third-order valence-corrected chi connectivity index (χ3v) is 5.87. The zero-order valence-electron chi connectivity index (χ0n) is 17.4. The minimum atomic E-state index is 0.00203. The van der Waals surface area contributed by atoms with E-state index < -0.39 is 0 Å². The summed E-state index contributed by atoms with van der Waals surface area (Å²) in [5, 5.41) is 12.6. The Balaban J connectivity index is 1.50. The third-order valence-electron chi connectivity index (χ3n) is 4.97. The van der Waals surface area contributed by atoms with Crippen molar-refractivity contribution in [2.45, 2.75) is 44.3 Å². The number of hydrogen-bond donors (Lipinski definition) is 0. The maximum atomic E-state index is 13.2. The van der Waals surface area contributed by atoms with Crippen LogP contribution < -0.4 is 4.74 Å². The van der Waals surface area contributed by atoms with Gasteiger partial charge in [-0.1, -0.05) is 30.0 Å². The van der Waals surface area contributed by atoms with Gasteiger partial charge in [0, 0.05) is 5.70 Å². The van der Waals surface area contributed by atoms with Crippen LogP contribution in [0.2, 0.25) is 0 Å². The van der Waals surface area contributed by atoms with E-state index in [1.165, 1.54) is 11.8 Å². The molecule has 0 bridgehead atoms. The Kier molecular flexibility index (Phi) is 7.03. The second-order valence-corrected chi connectivity index (χ2v) is 8.01. The number of carbonyl (C=O) groups is 1. The Morgan fingerprint density at radius 2 is 2.16 bits per heavy atom. The van der Waals surface area contributed by atoms with E-state index >= 15 is 0 Å². The van der Waals surface area contributed by atoms with Crippen molar-refractivity contribution in [2.24, 2.45) is 0 Å². The first-order chi connectivity index (χ1) is 15.3. The summed E-state index contributed by atoms with van der Waals surface area (Å²) >= 11 is 1.31. The number of para-hydroxylation sites is 2. The van der Waals surface area contributed by atoms with Crippen LogP contribution in [-0.4, -0.2) is 43.4 Å². The average Bonchev–Trinajstić information content (AvgIpc) is 3.49. The van der Waals surface area contributed by atoms with Gasteiger partial charge in [-0.15, -0.1) is 5.10 Å². The van der Waals surface area contributed by atoms with E-state index in [1.807, 2.05) is 48.2 Å². The first-order valence-corrected chi connectivity index (χ1v) is 11.4. The van der Waals surface area contributed by atoms with Gasteiger partial charge in [0.25, 0.3) is 0 Å². The van der Waals surface area contributed by atoms with Crippen LogP contribution in [-0.2, 0) is 11.3 Å². The standard InChI is InChI=1S/C22H25N5O3S/c1-2-29-20-13-7-6-12-19(20)27-22(23-24-25-27)31-16-21(28)26(15-18-11-8-14-30-18)17-9-4-3-5-10-17/h6-9,11-14H,2-5,10,15-16H2,1H3. The second kappa shape index (κ2) is 10.3. The molecule has 2 aromatic heterocycles. The minimum absolute atomic E-state index is 0.00203. The largest absolute Gasteiger partial charge is 0.492 e. The summed E-state index contributed by atoms with van der Waals surface area (Å²) in [6, 6.07) is 11.3. The van der Waals surface area contributed by atoms with Gasteiger partial charge in [0.1, 0.15) is 17.2 Å².